The Hall–Kier alpha value is -3.39. The number of fused-ring (bicyclic) bond motifs is 3. The summed E-state index contributed by atoms with van der Waals surface area (Å²) in [5, 5.41) is 15.0. The lowest BCUT2D eigenvalue weighted by molar-refractivity contribution is -0.150. The van der Waals surface area contributed by atoms with Gasteiger partial charge in [-0.15, -0.1) is 0 Å². The molecule has 0 spiro atoms. The van der Waals surface area contributed by atoms with E-state index in [1.165, 1.54) is 25.2 Å². The number of ether oxygens (including phenoxy) is 2. The van der Waals surface area contributed by atoms with Gasteiger partial charge >= 0.3 is 12.1 Å². The van der Waals surface area contributed by atoms with Gasteiger partial charge in [0.2, 0.25) is 5.91 Å². The Morgan fingerprint density at radius 2 is 1.66 bits per heavy atom. The molecule has 8 heteroatoms. The van der Waals surface area contributed by atoms with Crippen LogP contribution >= 0.6 is 0 Å². The Balaban J connectivity index is 1.33. The monoisotopic (exact) mass is 480 g/mol. The quantitative estimate of drug-likeness (QED) is 0.531. The fourth-order valence-corrected chi connectivity index (χ4v) is 5.18. The number of carbonyl (C=O) groups excluding carboxylic acids is 2. The summed E-state index contributed by atoms with van der Waals surface area (Å²) < 4.78 is 10.6. The van der Waals surface area contributed by atoms with Crippen LogP contribution < -0.4 is 10.6 Å². The fourth-order valence-electron chi connectivity index (χ4n) is 5.18. The number of nitrogens with one attached hydrogen (secondary N) is 2. The Bertz CT molecular complexity index is 1060. The third-order valence-electron chi connectivity index (χ3n) is 7.01. The average Bonchev–Trinajstić information content (AvgIpc) is 3.16. The Morgan fingerprint density at radius 1 is 1.03 bits per heavy atom. The van der Waals surface area contributed by atoms with Crippen molar-refractivity contribution in [1.29, 1.82) is 0 Å². The van der Waals surface area contributed by atoms with Crippen LogP contribution in [-0.2, 0) is 19.1 Å². The summed E-state index contributed by atoms with van der Waals surface area (Å²) in [7, 11) is 1.39. The van der Waals surface area contributed by atoms with E-state index >= 15 is 0 Å². The van der Waals surface area contributed by atoms with Crippen molar-refractivity contribution >= 4 is 18.0 Å². The van der Waals surface area contributed by atoms with E-state index in [2.05, 4.69) is 34.9 Å². The van der Waals surface area contributed by atoms with Crippen molar-refractivity contribution < 1.29 is 29.0 Å². The highest BCUT2D eigenvalue weighted by molar-refractivity contribution is 5.88. The van der Waals surface area contributed by atoms with Crippen LogP contribution in [-0.4, -0.2) is 55.0 Å². The first-order valence-electron chi connectivity index (χ1n) is 12.0. The Morgan fingerprint density at radius 3 is 2.26 bits per heavy atom. The Kier molecular flexibility index (Phi) is 7.40. The molecular formula is C27H32N2O6. The van der Waals surface area contributed by atoms with Crippen molar-refractivity contribution in [3.63, 3.8) is 0 Å². The van der Waals surface area contributed by atoms with E-state index in [4.69, 9.17) is 9.47 Å². The van der Waals surface area contributed by atoms with Crippen LogP contribution in [0.25, 0.3) is 11.1 Å². The second-order valence-electron chi connectivity index (χ2n) is 9.59. The first-order valence-corrected chi connectivity index (χ1v) is 12.0. The zero-order valence-corrected chi connectivity index (χ0v) is 20.1. The molecular weight excluding hydrogens is 448 g/mol. The molecule has 3 N–H and O–H groups in total. The zero-order valence-electron chi connectivity index (χ0n) is 20.1. The minimum atomic E-state index is -1.50. The lowest BCUT2D eigenvalue weighted by Gasteiger charge is -2.32. The number of carboxylic acid groups (broad SMARTS) is 1. The maximum atomic E-state index is 12.8. The number of methoxy groups -OCH3 is 1. The predicted molar refractivity (Wildman–Crippen MR) is 130 cm³/mol. The molecule has 8 nitrogen and oxygen atoms in total. The number of amides is 2. The average molecular weight is 481 g/mol. The second kappa shape index (κ2) is 10.5. The molecule has 2 amide bonds. The summed E-state index contributed by atoms with van der Waals surface area (Å²) in [5.41, 5.74) is 3.13. The molecule has 2 aliphatic carbocycles. The number of carboxylic acids is 1. The van der Waals surface area contributed by atoms with Gasteiger partial charge in [0, 0.05) is 25.0 Å². The van der Waals surface area contributed by atoms with Crippen molar-refractivity contribution in [2.75, 3.05) is 20.3 Å². The summed E-state index contributed by atoms with van der Waals surface area (Å²) >= 11 is 0. The molecule has 0 aromatic heterocycles. The molecule has 2 aromatic rings. The molecule has 1 fully saturated rings. The maximum Gasteiger partial charge on any atom is 0.407 e. The van der Waals surface area contributed by atoms with Crippen molar-refractivity contribution in [3.8, 4) is 11.1 Å². The third-order valence-corrected chi connectivity index (χ3v) is 7.01. The number of alkyl carbamates (subject to hydrolysis) is 1. The number of carbonyl (C=O) groups is 3. The van der Waals surface area contributed by atoms with Crippen molar-refractivity contribution in [2.45, 2.75) is 50.1 Å². The van der Waals surface area contributed by atoms with Crippen LogP contribution in [0.4, 0.5) is 4.79 Å². The predicted octanol–water partition coefficient (Wildman–Crippen LogP) is 3.69. The number of rotatable bonds is 8. The molecule has 0 aliphatic heterocycles. The van der Waals surface area contributed by atoms with Gasteiger partial charge in [0.1, 0.15) is 6.61 Å². The maximum absolute atomic E-state index is 12.8. The van der Waals surface area contributed by atoms with Crippen LogP contribution in [0.2, 0.25) is 0 Å². The first-order chi connectivity index (χ1) is 16.8. The van der Waals surface area contributed by atoms with Crippen LogP contribution in [0.1, 0.15) is 49.7 Å². The fraction of sp³-hybridized carbons (Fsp3) is 0.444. The van der Waals surface area contributed by atoms with Crippen LogP contribution in [0.15, 0.2) is 48.5 Å². The van der Waals surface area contributed by atoms with Gasteiger partial charge < -0.3 is 25.2 Å². The van der Waals surface area contributed by atoms with E-state index in [1.807, 2.05) is 24.3 Å². The van der Waals surface area contributed by atoms with Gasteiger partial charge in [-0.3, -0.25) is 4.79 Å². The SMILES string of the molecule is COCC(C)(NC(=O)[C@@H]1CCC[C@H](NC(=O)OCC2c3ccccc3-c3ccccc32)C1)C(=O)O. The summed E-state index contributed by atoms with van der Waals surface area (Å²) in [5.74, 6) is -1.91. The van der Waals surface area contributed by atoms with Crippen LogP contribution in [0.5, 0.6) is 0 Å². The summed E-state index contributed by atoms with van der Waals surface area (Å²) in [6, 6.07) is 16.1. The van der Waals surface area contributed by atoms with Crippen molar-refractivity contribution in [1.82, 2.24) is 10.6 Å². The molecule has 3 atom stereocenters. The molecule has 1 unspecified atom stereocenters. The highest BCUT2D eigenvalue weighted by Gasteiger charge is 2.38. The molecule has 2 aliphatic rings. The molecule has 0 saturated heterocycles. The largest absolute Gasteiger partial charge is 0.479 e. The van der Waals surface area contributed by atoms with Crippen molar-refractivity contribution in [3.05, 3.63) is 59.7 Å². The standard InChI is InChI=1S/C27H32N2O6/c1-27(16-34-2,25(31)32)29-24(30)17-8-7-9-18(14-17)28-26(33)35-15-23-21-12-5-3-10-19(21)20-11-4-6-13-22(20)23/h3-6,10-13,17-18,23H,7-9,14-16H2,1-2H3,(H,28,33)(H,29,30)(H,31,32)/t17-,18+,27?/m1/s1. The molecule has 2 aromatic carbocycles. The van der Waals surface area contributed by atoms with Crippen molar-refractivity contribution in [2.24, 2.45) is 5.92 Å². The van der Waals surface area contributed by atoms with Gasteiger partial charge in [0.15, 0.2) is 5.54 Å². The van der Waals surface area contributed by atoms with Gasteiger partial charge in [-0.2, -0.15) is 0 Å². The van der Waals surface area contributed by atoms with Gasteiger partial charge in [-0.1, -0.05) is 55.0 Å². The number of benzene rings is 2. The smallest absolute Gasteiger partial charge is 0.407 e. The molecule has 0 bridgehead atoms. The normalized spacial score (nSPS) is 20.7. The molecule has 0 heterocycles. The lowest BCUT2D eigenvalue weighted by Crippen LogP contribution is -2.57. The lowest BCUT2D eigenvalue weighted by atomic mass is 9.84. The molecule has 4 rings (SSSR count). The van der Waals surface area contributed by atoms with Gasteiger partial charge in [0.05, 0.1) is 6.61 Å². The third kappa shape index (κ3) is 5.32. The van der Waals surface area contributed by atoms with E-state index < -0.39 is 23.5 Å². The van der Waals surface area contributed by atoms with Gasteiger partial charge in [-0.25, -0.2) is 9.59 Å². The van der Waals surface area contributed by atoms with E-state index in [0.29, 0.717) is 12.8 Å². The summed E-state index contributed by atoms with van der Waals surface area (Å²) in [6.45, 7) is 1.51. The number of hydrogen-bond donors (Lipinski definition) is 3. The molecule has 35 heavy (non-hydrogen) atoms. The summed E-state index contributed by atoms with van der Waals surface area (Å²) in [6.07, 6.45) is 2.05. The number of aliphatic carboxylic acids is 1. The molecule has 1 saturated carbocycles. The van der Waals surface area contributed by atoms with Crippen LogP contribution in [0.3, 0.4) is 0 Å². The van der Waals surface area contributed by atoms with E-state index in [-0.39, 0.29) is 31.1 Å². The highest BCUT2D eigenvalue weighted by Crippen LogP contribution is 2.44. The van der Waals surface area contributed by atoms with Gasteiger partial charge in [0.25, 0.3) is 0 Å². The topological polar surface area (TPSA) is 114 Å². The van der Waals surface area contributed by atoms with E-state index in [1.54, 1.807) is 0 Å². The molecule has 0 radical (unpaired) electrons. The van der Waals surface area contributed by atoms with E-state index in [9.17, 15) is 19.5 Å². The second-order valence-corrected chi connectivity index (χ2v) is 9.59. The van der Waals surface area contributed by atoms with Crippen LogP contribution in [0, 0.1) is 5.92 Å². The minimum absolute atomic E-state index is 0.0208. The van der Waals surface area contributed by atoms with Gasteiger partial charge in [-0.05, 0) is 48.4 Å². The highest BCUT2D eigenvalue weighted by atomic mass is 16.5. The first kappa shape index (κ1) is 24.7. The summed E-state index contributed by atoms with van der Waals surface area (Å²) in [4.78, 5) is 37.0. The molecule has 186 valence electrons. The van der Waals surface area contributed by atoms with E-state index in [0.717, 1.165) is 24.0 Å². The zero-order chi connectivity index (χ0) is 25.0. The minimum Gasteiger partial charge on any atom is -0.479 e. The Labute approximate surface area is 205 Å². The number of hydrogen-bond acceptors (Lipinski definition) is 5.